The first-order valence-corrected chi connectivity index (χ1v) is 6.76. The molecule has 0 aliphatic carbocycles. The molecule has 1 amide bonds. The highest BCUT2D eigenvalue weighted by Crippen LogP contribution is 2.21. The zero-order valence-corrected chi connectivity index (χ0v) is 13.3. The van der Waals surface area contributed by atoms with Crippen molar-refractivity contribution in [1.82, 2.24) is 4.90 Å². The second-order valence-corrected chi connectivity index (χ2v) is 5.61. The number of morpholine rings is 1. The Kier molecular flexibility index (Phi) is 5.64. The minimum Gasteiger partial charge on any atom is -0.398 e. The smallest absolute Gasteiger partial charge is 0.256 e. The topological polar surface area (TPSA) is 55.6 Å². The number of amides is 1. The predicted octanol–water partition coefficient (Wildman–Crippen LogP) is 2.70. The van der Waals surface area contributed by atoms with E-state index in [0.29, 0.717) is 24.3 Å². The fourth-order valence-corrected chi connectivity index (χ4v) is 2.62. The molecule has 106 valence electrons. The Hall–Kier alpha value is -0.780. The summed E-state index contributed by atoms with van der Waals surface area (Å²) in [7, 11) is 0. The van der Waals surface area contributed by atoms with Crippen molar-refractivity contribution >= 4 is 39.9 Å². The van der Waals surface area contributed by atoms with E-state index in [9.17, 15) is 4.79 Å². The fourth-order valence-electron chi connectivity index (χ4n) is 2.24. The van der Waals surface area contributed by atoms with Gasteiger partial charge in [-0.1, -0.05) is 15.9 Å². The second-order valence-electron chi connectivity index (χ2n) is 4.70. The largest absolute Gasteiger partial charge is 0.398 e. The summed E-state index contributed by atoms with van der Waals surface area (Å²) in [5.41, 5.74) is 6.95. The lowest BCUT2D eigenvalue weighted by Crippen LogP contribution is -2.48. The molecule has 19 heavy (non-hydrogen) atoms. The number of carbonyl (C=O) groups excluding carboxylic acids is 1. The minimum atomic E-state index is -0.0259. The van der Waals surface area contributed by atoms with E-state index in [1.165, 1.54) is 0 Å². The van der Waals surface area contributed by atoms with Crippen LogP contribution in [0.2, 0.25) is 0 Å². The molecule has 2 atom stereocenters. The molecule has 1 aliphatic rings. The van der Waals surface area contributed by atoms with Crippen LogP contribution >= 0.6 is 28.3 Å². The van der Waals surface area contributed by atoms with Crippen LogP contribution in [0.5, 0.6) is 0 Å². The summed E-state index contributed by atoms with van der Waals surface area (Å²) in [6.07, 6.45) is 0.128. The van der Waals surface area contributed by atoms with Crippen molar-refractivity contribution in [1.29, 1.82) is 0 Å². The van der Waals surface area contributed by atoms with E-state index in [1.54, 1.807) is 17.0 Å². The van der Waals surface area contributed by atoms with Crippen LogP contribution < -0.4 is 5.73 Å². The molecule has 0 aromatic heterocycles. The SMILES string of the molecule is CC1CN(C(=O)c2ccc(Br)cc2N)CC(C)O1.Cl. The number of anilines is 1. The van der Waals surface area contributed by atoms with Gasteiger partial charge in [0.05, 0.1) is 17.8 Å². The maximum atomic E-state index is 12.4. The molecule has 0 radical (unpaired) electrons. The first kappa shape index (κ1) is 16.3. The highest BCUT2D eigenvalue weighted by molar-refractivity contribution is 9.10. The molecule has 1 aromatic rings. The standard InChI is InChI=1S/C13H17BrN2O2.ClH/c1-8-6-16(7-9(2)18-8)13(17)11-4-3-10(14)5-12(11)15;/h3-5,8-9H,6-7,15H2,1-2H3;1H. The van der Waals surface area contributed by atoms with E-state index in [-0.39, 0.29) is 30.5 Å². The van der Waals surface area contributed by atoms with Crippen LogP contribution in [0.25, 0.3) is 0 Å². The van der Waals surface area contributed by atoms with E-state index in [4.69, 9.17) is 10.5 Å². The molecule has 1 aliphatic heterocycles. The van der Waals surface area contributed by atoms with Crippen molar-refractivity contribution in [2.45, 2.75) is 26.1 Å². The number of hydrogen-bond acceptors (Lipinski definition) is 3. The Morgan fingerprint density at radius 3 is 2.47 bits per heavy atom. The Labute approximate surface area is 127 Å². The predicted molar refractivity (Wildman–Crippen MR) is 81.7 cm³/mol. The Morgan fingerprint density at radius 2 is 1.95 bits per heavy atom. The third-order valence-corrected chi connectivity index (χ3v) is 3.44. The van der Waals surface area contributed by atoms with E-state index in [0.717, 1.165) is 4.47 Å². The van der Waals surface area contributed by atoms with E-state index < -0.39 is 0 Å². The molecular formula is C13H18BrClN2O2. The third-order valence-electron chi connectivity index (χ3n) is 2.95. The number of carbonyl (C=O) groups is 1. The van der Waals surface area contributed by atoms with Crippen molar-refractivity contribution in [2.24, 2.45) is 0 Å². The fraction of sp³-hybridized carbons (Fsp3) is 0.462. The van der Waals surface area contributed by atoms with Crippen LogP contribution in [-0.4, -0.2) is 36.1 Å². The number of hydrogen-bond donors (Lipinski definition) is 1. The monoisotopic (exact) mass is 348 g/mol. The summed E-state index contributed by atoms with van der Waals surface area (Å²) in [6.45, 7) is 5.17. The zero-order valence-electron chi connectivity index (χ0n) is 10.9. The van der Waals surface area contributed by atoms with Crippen molar-refractivity contribution in [2.75, 3.05) is 18.8 Å². The van der Waals surface area contributed by atoms with Crippen LogP contribution in [0, 0.1) is 0 Å². The number of nitrogens with zero attached hydrogens (tertiary/aromatic N) is 1. The van der Waals surface area contributed by atoms with Gasteiger partial charge in [0.1, 0.15) is 0 Å². The van der Waals surface area contributed by atoms with Gasteiger partial charge in [-0.2, -0.15) is 0 Å². The lowest BCUT2D eigenvalue weighted by Gasteiger charge is -2.35. The number of benzene rings is 1. The van der Waals surface area contributed by atoms with Crippen LogP contribution in [0.3, 0.4) is 0 Å². The average Bonchev–Trinajstić information content (AvgIpc) is 2.26. The molecule has 0 spiro atoms. The van der Waals surface area contributed by atoms with Crippen molar-refractivity contribution in [3.63, 3.8) is 0 Å². The first-order chi connectivity index (χ1) is 8.47. The number of ether oxygens (including phenoxy) is 1. The van der Waals surface area contributed by atoms with Gasteiger partial charge >= 0.3 is 0 Å². The molecule has 2 rings (SSSR count). The number of nitrogen functional groups attached to an aromatic ring is 1. The third kappa shape index (κ3) is 3.84. The van der Waals surface area contributed by atoms with Crippen LogP contribution in [0.4, 0.5) is 5.69 Å². The molecular weight excluding hydrogens is 332 g/mol. The van der Waals surface area contributed by atoms with E-state index in [1.807, 2.05) is 19.9 Å². The van der Waals surface area contributed by atoms with Gasteiger partial charge in [0, 0.05) is 23.2 Å². The Morgan fingerprint density at radius 1 is 1.37 bits per heavy atom. The molecule has 4 nitrogen and oxygen atoms in total. The van der Waals surface area contributed by atoms with Crippen LogP contribution in [0.15, 0.2) is 22.7 Å². The molecule has 6 heteroatoms. The molecule has 1 fully saturated rings. The maximum Gasteiger partial charge on any atom is 0.256 e. The van der Waals surface area contributed by atoms with Gasteiger partial charge in [-0.05, 0) is 32.0 Å². The Balaban J connectivity index is 0.00000180. The van der Waals surface area contributed by atoms with Gasteiger partial charge in [0.2, 0.25) is 0 Å². The molecule has 0 saturated carbocycles. The maximum absolute atomic E-state index is 12.4. The summed E-state index contributed by atoms with van der Waals surface area (Å²) in [5.74, 6) is -0.0259. The molecule has 2 N–H and O–H groups in total. The van der Waals surface area contributed by atoms with Crippen molar-refractivity contribution < 1.29 is 9.53 Å². The number of rotatable bonds is 1. The summed E-state index contributed by atoms with van der Waals surface area (Å²) in [6, 6.07) is 5.34. The van der Waals surface area contributed by atoms with Crippen LogP contribution in [0.1, 0.15) is 24.2 Å². The number of halogens is 2. The minimum absolute atomic E-state index is 0. The summed E-state index contributed by atoms with van der Waals surface area (Å²) in [4.78, 5) is 14.2. The van der Waals surface area contributed by atoms with Gasteiger partial charge in [-0.15, -0.1) is 12.4 Å². The molecule has 2 unspecified atom stereocenters. The highest BCUT2D eigenvalue weighted by Gasteiger charge is 2.27. The lowest BCUT2D eigenvalue weighted by atomic mass is 10.1. The van der Waals surface area contributed by atoms with Gasteiger partial charge in [0.15, 0.2) is 0 Å². The molecule has 1 aromatic carbocycles. The first-order valence-electron chi connectivity index (χ1n) is 5.97. The summed E-state index contributed by atoms with van der Waals surface area (Å²) >= 11 is 3.34. The average molecular weight is 350 g/mol. The Bertz CT molecular complexity index is 460. The van der Waals surface area contributed by atoms with Gasteiger partial charge in [-0.25, -0.2) is 0 Å². The summed E-state index contributed by atoms with van der Waals surface area (Å²) in [5, 5.41) is 0. The molecule has 1 saturated heterocycles. The van der Waals surface area contributed by atoms with Gasteiger partial charge < -0.3 is 15.4 Å². The normalized spacial score (nSPS) is 22.8. The van der Waals surface area contributed by atoms with E-state index >= 15 is 0 Å². The van der Waals surface area contributed by atoms with Crippen LogP contribution in [-0.2, 0) is 4.74 Å². The van der Waals surface area contributed by atoms with Gasteiger partial charge in [0.25, 0.3) is 5.91 Å². The van der Waals surface area contributed by atoms with E-state index in [2.05, 4.69) is 15.9 Å². The zero-order chi connectivity index (χ0) is 13.3. The quantitative estimate of drug-likeness (QED) is 0.793. The van der Waals surface area contributed by atoms with Crippen molar-refractivity contribution in [3.8, 4) is 0 Å². The van der Waals surface area contributed by atoms with Gasteiger partial charge in [-0.3, -0.25) is 4.79 Å². The summed E-state index contributed by atoms with van der Waals surface area (Å²) < 4.78 is 6.49. The lowest BCUT2D eigenvalue weighted by molar-refractivity contribution is -0.0585. The van der Waals surface area contributed by atoms with Crippen molar-refractivity contribution in [3.05, 3.63) is 28.2 Å². The second kappa shape index (κ2) is 6.59. The molecule has 0 bridgehead atoms. The molecule has 1 heterocycles. The number of nitrogens with two attached hydrogens (primary N) is 1. The highest BCUT2D eigenvalue weighted by atomic mass is 79.9.